The molecule has 0 aromatic carbocycles. The van der Waals surface area contributed by atoms with Gasteiger partial charge >= 0.3 is 12.1 Å². The minimum Gasteiger partial charge on any atom is -0.481 e. The molecule has 1 atom stereocenters. The van der Waals surface area contributed by atoms with Crippen molar-refractivity contribution in [2.45, 2.75) is 46.6 Å². The highest BCUT2D eigenvalue weighted by molar-refractivity contribution is 5.84. The summed E-state index contributed by atoms with van der Waals surface area (Å²) < 4.78 is 9.42. The van der Waals surface area contributed by atoms with Crippen molar-refractivity contribution < 1.29 is 29.0 Å². The van der Waals surface area contributed by atoms with E-state index in [-0.39, 0.29) is 37.3 Å². The van der Waals surface area contributed by atoms with E-state index < -0.39 is 18.0 Å². The maximum Gasteiger partial charge on any atom is 0.508 e. The monoisotopic (exact) mass is 274 g/mol. The number of hydrogen-bond donors (Lipinski definition) is 1. The van der Waals surface area contributed by atoms with Crippen LogP contribution in [0.2, 0.25) is 0 Å². The molecule has 1 N–H and O–H groups in total. The van der Waals surface area contributed by atoms with E-state index in [0.717, 1.165) is 0 Å². The first-order valence-electron chi connectivity index (χ1n) is 6.32. The van der Waals surface area contributed by atoms with Crippen molar-refractivity contribution in [1.29, 1.82) is 0 Å². The van der Waals surface area contributed by atoms with Crippen LogP contribution in [0.3, 0.4) is 0 Å². The summed E-state index contributed by atoms with van der Waals surface area (Å²) in [5, 5.41) is 8.95. The smallest absolute Gasteiger partial charge is 0.481 e. The first-order valence-corrected chi connectivity index (χ1v) is 6.32. The standard InChI is InChI=1S/C13H22O6/c1-8(2)11(12(15)16)7-10(14)5-6-18-13(17)19-9(3)4/h8-9,11H,5-7H2,1-4H3,(H,15,16). The summed E-state index contributed by atoms with van der Waals surface area (Å²) in [7, 11) is 0. The number of rotatable bonds is 8. The summed E-state index contributed by atoms with van der Waals surface area (Å²) in [5.41, 5.74) is 0. The summed E-state index contributed by atoms with van der Waals surface area (Å²) in [6.07, 6.45) is -1.14. The fourth-order valence-electron chi connectivity index (χ4n) is 1.43. The lowest BCUT2D eigenvalue weighted by Crippen LogP contribution is -2.24. The van der Waals surface area contributed by atoms with Gasteiger partial charge in [0.15, 0.2) is 0 Å². The molecule has 0 amide bonds. The molecule has 0 aromatic heterocycles. The van der Waals surface area contributed by atoms with Crippen molar-refractivity contribution in [3.63, 3.8) is 0 Å². The molecule has 6 heteroatoms. The molecule has 0 aliphatic rings. The highest BCUT2D eigenvalue weighted by atomic mass is 16.7. The summed E-state index contributed by atoms with van der Waals surface area (Å²) in [6.45, 7) is 6.79. The Morgan fingerprint density at radius 3 is 2.11 bits per heavy atom. The van der Waals surface area contributed by atoms with Gasteiger partial charge in [0.25, 0.3) is 0 Å². The van der Waals surface area contributed by atoms with Crippen LogP contribution >= 0.6 is 0 Å². The van der Waals surface area contributed by atoms with Gasteiger partial charge in [-0.25, -0.2) is 4.79 Å². The molecule has 0 aromatic rings. The number of carboxylic acid groups (broad SMARTS) is 1. The van der Waals surface area contributed by atoms with Gasteiger partial charge in [0, 0.05) is 12.8 Å². The third-order valence-corrected chi connectivity index (χ3v) is 2.50. The zero-order valence-corrected chi connectivity index (χ0v) is 11.8. The van der Waals surface area contributed by atoms with Crippen molar-refractivity contribution in [1.82, 2.24) is 0 Å². The Morgan fingerprint density at radius 1 is 1.11 bits per heavy atom. The second-order valence-electron chi connectivity index (χ2n) is 4.95. The van der Waals surface area contributed by atoms with Crippen LogP contribution in [-0.4, -0.2) is 35.7 Å². The fourth-order valence-corrected chi connectivity index (χ4v) is 1.43. The second-order valence-corrected chi connectivity index (χ2v) is 4.95. The number of carbonyl (C=O) groups excluding carboxylic acids is 2. The molecular formula is C13H22O6. The van der Waals surface area contributed by atoms with Crippen molar-refractivity contribution in [3.05, 3.63) is 0 Å². The third-order valence-electron chi connectivity index (χ3n) is 2.50. The molecule has 0 heterocycles. The van der Waals surface area contributed by atoms with Crippen LogP contribution in [0.15, 0.2) is 0 Å². The number of aliphatic carboxylic acids is 1. The molecule has 0 saturated heterocycles. The number of Topliss-reactive ketones (excluding diaryl/α,β-unsaturated/α-hetero) is 1. The molecule has 6 nitrogen and oxygen atoms in total. The van der Waals surface area contributed by atoms with E-state index in [9.17, 15) is 14.4 Å². The SMILES string of the molecule is CC(C)OC(=O)OCCC(=O)CC(C(=O)O)C(C)C. The second kappa shape index (κ2) is 8.50. The van der Waals surface area contributed by atoms with Gasteiger partial charge in [-0.1, -0.05) is 13.8 Å². The van der Waals surface area contributed by atoms with Crippen molar-refractivity contribution >= 4 is 17.9 Å². The molecule has 0 spiro atoms. The summed E-state index contributed by atoms with van der Waals surface area (Å²) >= 11 is 0. The average Bonchev–Trinajstić information content (AvgIpc) is 2.23. The Morgan fingerprint density at radius 2 is 1.68 bits per heavy atom. The number of ketones is 1. The largest absolute Gasteiger partial charge is 0.508 e. The van der Waals surface area contributed by atoms with E-state index in [1.165, 1.54) is 0 Å². The van der Waals surface area contributed by atoms with E-state index in [4.69, 9.17) is 14.6 Å². The highest BCUT2D eigenvalue weighted by Gasteiger charge is 2.24. The molecule has 110 valence electrons. The predicted octanol–water partition coefficient (Wildman–Crippen LogP) is 2.25. The first-order chi connectivity index (χ1) is 8.73. The molecule has 19 heavy (non-hydrogen) atoms. The Balaban J connectivity index is 3.99. The molecular weight excluding hydrogens is 252 g/mol. The van der Waals surface area contributed by atoms with E-state index >= 15 is 0 Å². The maximum absolute atomic E-state index is 11.6. The van der Waals surface area contributed by atoms with Gasteiger partial charge in [-0.15, -0.1) is 0 Å². The van der Waals surface area contributed by atoms with Crippen LogP contribution in [0.5, 0.6) is 0 Å². The van der Waals surface area contributed by atoms with Gasteiger partial charge in [0.05, 0.1) is 12.0 Å². The van der Waals surface area contributed by atoms with E-state index in [1.54, 1.807) is 27.7 Å². The maximum atomic E-state index is 11.6. The van der Waals surface area contributed by atoms with Crippen LogP contribution in [-0.2, 0) is 19.1 Å². The molecule has 0 bridgehead atoms. The van der Waals surface area contributed by atoms with Crippen LogP contribution in [0.1, 0.15) is 40.5 Å². The Kier molecular flexibility index (Phi) is 7.79. The van der Waals surface area contributed by atoms with Gasteiger partial charge in [-0.05, 0) is 19.8 Å². The minimum absolute atomic E-state index is 0.00367. The number of carboxylic acids is 1. The number of carbonyl (C=O) groups is 3. The average molecular weight is 274 g/mol. The molecule has 0 saturated carbocycles. The Labute approximate surface area is 113 Å². The van der Waals surface area contributed by atoms with Gasteiger partial charge in [0.1, 0.15) is 12.4 Å². The topological polar surface area (TPSA) is 89.9 Å². The molecule has 0 aliphatic carbocycles. The summed E-state index contributed by atoms with van der Waals surface area (Å²) in [5.74, 6) is -2.04. The summed E-state index contributed by atoms with van der Waals surface area (Å²) in [6, 6.07) is 0. The highest BCUT2D eigenvalue weighted by Crippen LogP contribution is 2.16. The predicted molar refractivity (Wildman–Crippen MR) is 67.8 cm³/mol. The quantitative estimate of drug-likeness (QED) is 0.683. The fraction of sp³-hybridized carbons (Fsp3) is 0.769. The molecule has 0 rings (SSSR count). The molecule has 0 radical (unpaired) electrons. The van der Waals surface area contributed by atoms with Crippen LogP contribution < -0.4 is 0 Å². The summed E-state index contributed by atoms with van der Waals surface area (Å²) in [4.78, 5) is 33.5. The Hall–Kier alpha value is -1.59. The zero-order chi connectivity index (χ0) is 15.0. The van der Waals surface area contributed by atoms with Gasteiger partial charge in [-0.3, -0.25) is 9.59 Å². The first kappa shape index (κ1) is 17.4. The third kappa shape index (κ3) is 8.18. The van der Waals surface area contributed by atoms with Gasteiger partial charge in [-0.2, -0.15) is 0 Å². The molecule has 1 unspecified atom stereocenters. The van der Waals surface area contributed by atoms with Gasteiger partial charge in [0.2, 0.25) is 0 Å². The van der Waals surface area contributed by atoms with E-state index in [1.807, 2.05) is 0 Å². The van der Waals surface area contributed by atoms with Crippen molar-refractivity contribution in [3.8, 4) is 0 Å². The lowest BCUT2D eigenvalue weighted by Gasteiger charge is -2.15. The van der Waals surface area contributed by atoms with Gasteiger partial charge < -0.3 is 14.6 Å². The van der Waals surface area contributed by atoms with Crippen LogP contribution in [0, 0.1) is 11.8 Å². The van der Waals surface area contributed by atoms with E-state index in [2.05, 4.69) is 0 Å². The lowest BCUT2D eigenvalue weighted by atomic mass is 9.90. The van der Waals surface area contributed by atoms with Crippen LogP contribution in [0.4, 0.5) is 4.79 Å². The normalized spacial score (nSPS) is 12.3. The van der Waals surface area contributed by atoms with E-state index in [0.29, 0.717) is 0 Å². The zero-order valence-electron chi connectivity index (χ0n) is 11.8. The lowest BCUT2D eigenvalue weighted by molar-refractivity contribution is -0.145. The van der Waals surface area contributed by atoms with Crippen LogP contribution in [0.25, 0.3) is 0 Å². The molecule has 0 aliphatic heterocycles. The number of ether oxygens (including phenoxy) is 2. The number of hydrogen-bond acceptors (Lipinski definition) is 5. The van der Waals surface area contributed by atoms with Crippen molar-refractivity contribution in [2.75, 3.05) is 6.61 Å². The Bertz CT molecular complexity index is 321. The minimum atomic E-state index is -0.983. The van der Waals surface area contributed by atoms with Crippen molar-refractivity contribution in [2.24, 2.45) is 11.8 Å². The molecule has 0 fully saturated rings.